The quantitative estimate of drug-likeness (QED) is 0.815. The Bertz CT molecular complexity index is 576. The highest BCUT2D eigenvalue weighted by Crippen LogP contribution is 2.18. The van der Waals surface area contributed by atoms with Crippen LogP contribution in [0.3, 0.4) is 0 Å². The van der Waals surface area contributed by atoms with E-state index in [1.165, 1.54) is 12.1 Å². The van der Waals surface area contributed by atoms with Crippen LogP contribution in [0.25, 0.3) is 0 Å². The molecule has 0 aliphatic carbocycles. The molecule has 0 aliphatic heterocycles. The average molecular weight is 267 g/mol. The Morgan fingerprint density at radius 1 is 1.15 bits per heavy atom. The van der Waals surface area contributed by atoms with Crippen molar-refractivity contribution in [1.29, 1.82) is 0 Å². The molecular formula is C17H17NO2. The minimum Gasteiger partial charge on any atom is -0.508 e. The van der Waals surface area contributed by atoms with Gasteiger partial charge in [0.05, 0.1) is 6.04 Å². The molecule has 0 heterocycles. The van der Waals surface area contributed by atoms with E-state index in [2.05, 4.69) is 11.9 Å². The lowest BCUT2D eigenvalue weighted by molar-refractivity contribution is 0.0937. The molecule has 2 aromatic carbocycles. The molecule has 3 nitrogen and oxygen atoms in total. The third-order valence-electron chi connectivity index (χ3n) is 3.04. The molecule has 1 atom stereocenters. The molecule has 102 valence electrons. The van der Waals surface area contributed by atoms with E-state index < -0.39 is 0 Å². The number of phenols is 1. The lowest BCUT2D eigenvalue weighted by Crippen LogP contribution is -2.28. The maximum Gasteiger partial charge on any atom is 0.251 e. The summed E-state index contributed by atoms with van der Waals surface area (Å²) in [6.07, 6.45) is 2.45. The summed E-state index contributed by atoms with van der Waals surface area (Å²) in [5.41, 5.74) is 1.56. The maximum absolute atomic E-state index is 12.2. The van der Waals surface area contributed by atoms with Crippen LogP contribution in [0.1, 0.15) is 28.4 Å². The summed E-state index contributed by atoms with van der Waals surface area (Å²) in [7, 11) is 0. The van der Waals surface area contributed by atoms with Crippen molar-refractivity contribution < 1.29 is 9.90 Å². The highest BCUT2D eigenvalue weighted by molar-refractivity contribution is 5.94. The number of rotatable bonds is 5. The van der Waals surface area contributed by atoms with Crippen molar-refractivity contribution >= 4 is 5.91 Å². The second-order valence-corrected chi connectivity index (χ2v) is 4.51. The lowest BCUT2D eigenvalue weighted by Gasteiger charge is -2.17. The molecule has 0 spiro atoms. The van der Waals surface area contributed by atoms with E-state index in [0.29, 0.717) is 12.0 Å². The smallest absolute Gasteiger partial charge is 0.251 e. The highest BCUT2D eigenvalue weighted by Gasteiger charge is 2.14. The Hall–Kier alpha value is -2.55. The van der Waals surface area contributed by atoms with Gasteiger partial charge in [0, 0.05) is 5.56 Å². The molecule has 0 aromatic heterocycles. The van der Waals surface area contributed by atoms with Gasteiger partial charge in [-0.25, -0.2) is 0 Å². The van der Waals surface area contributed by atoms with E-state index in [4.69, 9.17) is 0 Å². The lowest BCUT2D eigenvalue weighted by atomic mass is 10.0. The Balaban J connectivity index is 2.14. The molecule has 0 fully saturated rings. The van der Waals surface area contributed by atoms with Crippen molar-refractivity contribution in [3.63, 3.8) is 0 Å². The number of carbonyl (C=O) groups excluding carboxylic acids is 1. The van der Waals surface area contributed by atoms with E-state index in [0.717, 1.165) is 5.56 Å². The summed E-state index contributed by atoms with van der Waals surface area (Å²) in [6.45, 7) is 3.73. The number of hydrogen-bond donors (Lipinski definition) is 2. The fraction of sp³-hybridized carbons (Fsp3) is 0.118. The fourth-order valence-corrected chi connectivity index (χ4v) is 1.98. The molecule has 2 aromatic rings. The Labute approximate surface area is 118 Å². The molecule has 2 rings (SSSR count). The van der Waals surface area contributed by atoms with E-state index >= 15 is 0 Å². The normalized spacial score (nSPS) is 11.6. The predicted molar refractivity (Wildman–Crippen MR) is 79.6 cm³/mol. The number of hydrogen-bond acceptors (Lipinski definition) is 2. The van der Waals surface area contributed by atoms with Gasteiger partial charge in [0.2, 0.25) is 0 Å². The van der Waals surface area contributed by atoms with Crippen LogP contribution in [0, 0.1) is 0 Å². The number of carbonyl (C=O) groups is 1. The van der Waals surface area contributed by atoms with Gasteiger partial charge in [-0.05, 0) is 36.2 Å². The monoisotopic (exact) mass is 267 g/mol. The molecule has 3 heteroatoms. The predicted octanol–water partition coefficient (Wildman–Crippen LogP) is 3.44. The number of aromatic hydroxyl groups is 1. The summed E-state index contributed by atoms with van der Waals surface area (Å²) in [6, 6.07) is 15.9. The van der Waals surface area contributed by atoms with E-state index in [1.807, 2.05) is 30.3 Å². The number of benzene rings is 2. The van der Waals surface area contributed by atoms with Gasteiger partial charge < -0.3 is 10.4 Å². The molecular weight excluding hydrogens is 250 g/mol. The van der Waals surface area contributed by atoms with Gasteiger partial charge in [-0.15, -0.1) is 6.58 Å². The van der Waals surface area contributed by atoms with Gasteiger partial charge in [0.25, 0.3) is 5.91 Å². The summed E-state index contributed by atoms with van der Waals surface area (Å²) < 4.78 is 0. The van der Waals surface area contributed by atoms with Crippen LogP contribution in [-0.2, 0) is 0 Å². The second-order valence-electron chi connectivity index (χ2n) is 4.51. The number of phenolic OH excluding ortho intramolecular Hbond substituents is 1. The summed E-state index contributed by atoms with van der Waals surface area (Å²) >= 11 is 0. The highest BCUT2D eigenvalue weighted by atomic mass is 16.3. The molecule has 1 unspecified atom stereocenters. The van der Waals surface area contributed by atoms with Gasteiger partial charge >= 0.3 is 0 Å². The van der Waals surface area contributed by atoms with Gasteiger partial charge in [0.1, 0.15) is 5.75 Å². The van der Waals surface area contributed by atoms with Crippen molar-refractivity contribution in [2.24, 2.45) is 0 Å². The molecule has 20 heavy (non-hydrogen) atoms. The Morgan fingerprint density at radius 3 is 2.40 bits per heavy atom. The van der Waals surface area contributed by atoms with Gasteiger partial charge in [-0.3, -0.25) is 4.79 Å². The van der Waals surface area contributed by atoms with Crippen molar-refractivity contribution in [3.05, 3.63) is 78.4 Å². The first kappa shape index (κ1) is 13.9. The van der Waals surface area contributed by atoms with Crippen LogP contribution in [0.5, 0.6) is 5.75 Å². The van der Waals surface area contributed by atoms with Crippen LogP contribution in [0.4, 0.5) is 0 Å². The molecule has 0 bridgehead atoms. The largest absolute Gasteiger partial charge is 0.508 e. The van der Waals surface area contributed by atoms with Gasteiger partial charge in [-0.1, -0.05) is 36.4 Å². The molecule has 1 amide bonds. The number of amides is 1. The third-order valence-corrected chi connectivity index (χ3v) is 3.04. The maximum atomic E-state index is 12.2. The van der Waals surface area contributed by atoms with Crippen molar-refractivity contribution in [2.75, 3.05) is 0 Å². The van der Waals surface area contributed by atoms with Crippen LogP contribution in [0.15, 0.2) is 67.3 Å². The number of nitrogens with one attached hydrogen (secondary N) is 1. The van der Waals surface area contributed by atoms with Crippen LogP contribution in [0.2, 0.25) is 0 Å². The van der Waals surface area contributed by atoms with Gasteiger partial charge in [-0.2, -0.15) is 0 Å². The third kappa shape index (κ3) is 3.48. The summed E-state index contributed by atoms with van der Waals surface area (Å²) in [5.74, 6) is -0.0204. The van der Waals surface area contributed by atoms with Crippen LogP contribution in [-0.4, -0.2) is 11.0 Å². The van der Waals surface area contributed by atoms with Crippen LogP contribution >= 0.6 is 0 Å². The van der Waals surface area contributed by atoms with E-state index in [9.17, 15) is 9.90 Å². The molecule has 0 saturated carbocycles. The molecule has 0 aliphatic rings. The summed E-state index contributed by atoms with van der Waals surface area (Å²) in [5, 5.41) is 12.2. The minimum absolute atomic E-state index is 0.102. The van der Waals surface area contributed by atoms with E-state index in [-0.39, 0.29) is 17.7 Å². The zero-order valence-electron chi connectivity index (χ0n) is 11.1. The SMILES string of the molecule is C=CCC(NC(=O)c1ccc(O)cc1)c1ccccc1. The summed E-state index contributed by atoms with van der Waals surface area (Å²) in [4.78, 5) is 12.2. The zero-order valence-corrected chi connectivity index (χ0v) is 11.1. The van der Waals surface area contributed by atoms with Crippen LogP contribution < -0.4 is 5.32 Å². The minimum atomic E-state index is -0.166. The zero-order chi connectivity index (χ0) is 14.4. The Morgan fingerprint density at radius 2 is 1.80 bits per heavy atom. The molecule has 0 radical (unpaired) electrons. The van der Waals surface area contributed by atoms with Crippen molar-refractivity contribution in [2.45, 2.75) is 12.5 Å². The Kier molecular flexibility index (Phi) is 4.56. The first-order valence-corrected chi connectivity index (χ1v) is 6.46. The fourth-order valence-electron chi connectivity index (χ4n) is 1.98. The first-order chi connectivity index (χ1) is 9.70. The van der Waals surface area contributed by atoms with Gasteiger partial charge in [0.15, 0.2) is 0 Å². The van der Waals surface area contributed by atoms with Crippen molar-refractivity contribution in [1.82, 2.24) is 5.32 Å². The van der Waals surface area contributed by atoms with E-state index in [1.54, 1.807) is 18.2 Å². The average Bonchev–Trinajstić information content (AvgIpc) is 2.48. The topological polar surface area (TPSA) is 49.3 Å². The second kappa shape index (κ2) is 6.57. The first-order valence-electron chi connectivity index (χ1n) is 6.46. The molecule has 2 N–H and O–H groups in total. The standard InChI is InChI=1S/C17H17NO2/c1-2-6-16(13-7-4-3-5-8-13)18-17(20)14-9-11-15(19)12-10-14/h2-5,7-12,16,19H,1,6H2,(H,18,20). The molecule has 0 saturated heterocycles. The van der Waals surface area contributed by atoms with Crippen molar-refractivity contribution in [3.8, 4) is 5.75 Å².